The van der Waals surface area contributed by atoms with Gasteiger partial charge in [-0.25, -0.2) is 8.42 Å². The van der Waals surface area contributed by atoms with Crippen LogP contribution in [0.25, 0.3) is 0 Å². The first-order valence-electron chi connectivity index (χ1n) is 10.1. The first-order chi connectivity index (χ1) is 13.6. The van der Waals surface area contributed by atoms with Gasteiger partial charge in [0.25, 0.3) is 0 Å². The molecule has 0 aliphatic carbocycles. The standard InChI is InChI=1S/C23H32N2O3S/c1-6-10-19(5)24-23(26)21(15-20-11-8-7-9-12-20)25-29(27,28)22-17(3)13-16(2)14-18(22)4/h7-9,11-14,19,21,25H,6,10,15H2,1-5H3,(H,24,26)/t19-,21+/m1/s1. The van der Waals surface area contributed by atoms with Crippen LogP contribution in [-0.2, 0) is 21.2 Å². The Labute approximate surface area is 175 Å². The minimum absolute atomic E-state index is 0.0156. The van der Waals surface area contributed by atoms with Gasteiger partial charge in [-0.1, -0.05) is 61.4 Å². The molecule has 2 aromatic rings. The van der Waals surface area contributed by atoms with Crippen molar-refractivity contribution < 1.29 is 13.2 Å². The number of amides is 1. The van der Waals surface area contributed by atoms with Crippen molar-refractivity contribution in [3.8, 4) is 0 Å². The number of hydrogen-bond acceptors (Lipinski definition) is 3. The third-order valence-corrected chi connectivity index (χ3v) is 6.66. The number of nitrogens with one attached hydrogen (secondary N) is 2. The Kier molecular flexibility index (Phi) is 7.99. The van der Waals surface area contributed by atoms with Gasteiger partial charge in [0.2, 0.25) is 15.9 Å². The molecule has 0 heterocycles. The Balaban J connectivity index is 2.34. The summed E-state index contributed by atoms with van der Waals surface area (Å²) in [5.41, 5.74) is 3.25. The molecule has 0 unspecified atom stereocenters. The molecule has 6 heteroatoms. The Morgan fingerprint density at radius 1 is 1.03 bits per heavy atom. The van der Waals surface area contributed by atoms with E-state index < -0.39 is 16.1 Å². The molecule has 5 nitrogen and oxygen atoms in total. The highest BCUT2D eigenvalue weighted by Crippen LogP contribution is 2.22. The molecule has 0 radical (unpaired) electrons. The van der Waals surface area contributed by atoms with Crippen molar-refractivity contribution in [3.05, 3.63) is 64.7 Å². The van der Waals surface area contributed by atoms with Gasteiger partial charge in [-0.15, -0.1) is 0 Å². The van der Waals surface area contributed by atoms with Crippen LogP contribution in [-0.4, -0.2) is 26.4 Å². The van der Waals surface area contributed by atoms with Crippen LogP contribution in [0, 0.1) is 20.8 Å². The van der Waals surface area contributed by atoms with Crippen LogP contribution in [0.4, 0.5) is 0 Å². The van der Waals surface area contributed by atoms with Gasteiger partial charge in [-0.05, 0) is 57.2 Å². The fourth-order valence-corrected chi connectivity index (χ4v) is 5.37. The molecule has 0 aromatic heterocycles. The summed E-state index contributed by atoms with van der Waals surface area (Å²) < 4.78 is 29.1. The largest absolute Gasteiger partial charge is 0.352 e. The molecule has 0 bridgehead atoms. The normalized spacial score (nSPS) is 13.7. The molecule has 2 atom stereocenters. The monoisotopic (exact) mass is 416 g/mol. The molecule has 2 N–H and O–H groups in total. The first-order valence-corrected chi connectivity index (χ1v) is 11.6. The third kappa shape index (κ3) is 6.41. The minimum Gasteiger partial charge on any atom is -0.352 e. The zero-order chi connectivity index (χ0) is 21.6. The third-order valence-electron chi connectivity index (χ3n) is 4.88. The fourth-order valence-electron chi connectivity index (χ4n) is 3.72. The Morgan fingerprint density at radius 2 is 1.62 bits per heavy atom. The van der Waals surface area contributed by atoms with Crippen molar-refractivity contribution >= 4 is 15.9 Å². The average molecular weight is 417 g/mol. The number of hydrogen-bond donors (Lipinski definition) is 2. The number of sulfonamides is 1. The van der Waals surface area contributed by atoms with E-state index in [9.17, 15) is 13.2 Å². The maximum Gasteiger partial charge on any atom is 0.241 e. The van der Waals surface area contributed by atoms with E-state index in [4.69, 9.17) is 0 Å². The van der Waals surface area contributed by atoms with Crippen molar-refractivity contribution in [1.82, 2.24) is 10.0 Å². The number of aryl methyl sites for hydroxylation is 3. The van der Waals surface area contributed by atoms with E-state index in [1.165, 1.54) is 0 Å². The predicted molar refractivity (Wildman–Crippen MR) is 117 cm³/mol. The SMILES string of the molecule is CCC[C@@H](C)NC(=O)[C@H](Cc1ccccc1)NS(=O)(=O)c1c(C)cc(C)cc1C. The summed E-state index contributed by atoms with van der Waals surface area (Å²) in [4.78, 5) is 13.2. The number of rotatable bonds is 9. The van der Waals surface area contributed by atoms with Gasteiger partial charge < -0.3 is 5.32 Å². The number of carbonyl (C=O) groups is 1. The maximum absolute atomic E-state index is 13.2. The van der Waals surface area contributed by atoms with Crippen LogP contribution in [0.2, 0.25) is 0 Å². The lowest BCUT2D eigenvalue weighted by atomic mass is 10.1. The second-order valence-corrected chi connectivity index (χ2v) is 9.44. The Hall–Kier alpha value is -2.18. The lowest BCUT2D eigenvalue weighted by Crippen LogP contribution is -2.50. The van der Waals surface area contributed by atoms with E-state index in [1.54, 1.807) is 13.8 Å². The molecule has 158 valence electrons. The average Bonchev–Trinajstić information content (AvgIpc) is 2.60. The van der Waals surface area contributed by atoms with Crippen molar-refractivity contribution in [2.45, 2.75) is 70.9 Å². The highest BCUT2D eigenvalue weighted by Gasteiger charge is 2.28. The van der Waals surface area contributed by atoms with Gasteiger partial charge >= 0.3 is 0 Å². The van der Waals surface area contributed by atoms with Crippen LogP contribution in [0.1, 0.15) is 48.9 Å². The second-order valence-electron chi connectivity index (χ2n) is 7.79. The summed E-state index contributed by atoms with van der Waals surface area (Å²) in [6.45, 7) is 9.48. The van der Waals surface area contributed by atoms with Crippen LogP contribution < -0.4 is 10.0 Å². The Morgan fingerprint density at radius 3 is 2.17 bits per heavy atom. The molecule has 29 heavy (non-hydrogen) atoms. The minimum atomic E-state index is -3.86. The molecular weight excluding hydrogens is 384 g/mol. The van der Waals surface area contributed by atoms with Crippen molar-refractivity contribution in [2.24, 2.45) is 0 Å². The number of benzene rings is 2. The lowest BCUT2D eigenvalue weighted by Gasteiger charge is -2.22. The van der Waals surface area contributed by atoms with Gasteiger partial charge in [-0.2, -0.15) is 4.72 Å². The van der Waals surface area contributed by atoms with E-state index in [2.05, 4.69) is 17.0 Å². The molecule has 0 spiro atoms. The first kappa shape index (κ1) is 23.1. The van der Waals surface area contributed by atoms with Crippen molar-refractivity contribution in [3.63, 3.8) is 0 Å². The van der Waals surface area contributed by atoms with Crippen molar-refractivity contribution in [1.29, 1.82) is 0 Å². The summed E-state index contributed by atoms with van der Waals surface area (Å²) in [6.07, 6.45) is 2.07. The van der Waals surface area contributed by atoms with Crippen LogP contribution in [0.3, 0.4) is 0 Å². The van der Waals surface area contributed by atoms with E-state index >= 15 is 0 Å². The molecule has 2 rings (SSSR count). The topological polar surface area (TPSA) is 75.3 Å². The lowest BCUT2D eigenvalue weighted by molar-refractivity contribution is -0.123. The number of carbonyl (C=O) groups excluding carboxylic acids is 1. The molecule has 0 saturated heterocycles. The fraction of sp³-hybridized carbons (Fsp3) is 0.435. The molecule has 0 aliphatic rings. The smallest absolute Gasteiger partial charge is 0.241 e. The molecular formula is C23H32N2O3S. The van der Waals surface area contributed by atoms with Gasteiger partial charge in [-0.3, -0.25) is 4.79 Å². The van der Waals surface area contributed by atoms with Gasteiger partial charge in [0, 0.05) is 6.04 Å². The zero-order valence-corrected chi connectivity index (χ0v) is 18.8. The van der Waals surface area contributed by atoms with Crippen LogP contribution >= 0.6 is 0 Å². The maximum atomic E-state index is 13.2. The van der Waals surface area contributed by atoms with Gasteiger partial charge in [0.05, 0.1) is 4.90 Å². The summed E-state index contributed by atoms with van der Waals surface area (Å²) in [5, 5.41) is 2.95. The molecule has 1 amide bonds. The quantitative estimate of drug-likeness (QED) is 0.653. The van der Waals surface area contributed by atoms with E-state index in [0.29, 0.717) is 11.1 Å². The van der Waals surface area contributed by atoms with Gasteiger partial charge in [0.15, 0.2) is 0 Å². The van der Waals surface area contributed by atoms with E-state index in [1.807, 2.05) is 56.3 Å². The summed E-state index contributed by atoms with van der Waals surface area (Å²) in [7, 11) is -3.86. The summed E-state index contributed by atoms with van der Waals surface area (Å²) >= 11 is 0. The Bertz CT molecular complexity index is 917. The second kappa shape index (κ2) is 10.0. The molecule has 2 aromatic carbocycles. The highest BCUT2D eigenvalue weighted by atomic mass is 32.2. The van der Waals surface area contributed by atoms with E-state index in [-0.39, 0.29) is 23.3 Å². The van der Waals surface area contributed by atoms with Crippen LogP contribution in [0.15, 0.2) is 47.4 Å². The molecule has 0 fully saturated rings. The predicted octanol–water partition coefficient (Wildman–Crippen LogP) is 3.81. The molecule has 0 aliphatic heterocycles. The van der Waals surface area contributed by atoms with Crippen molar-refractivity contribution in [2.75, 3.05) is 0 Å². The zero-order valence-electron chi connectivity index (χ0n) is 18.0. The highest BCUT2D eigenvalue weighted by molar-refractivity contribution is 7.89. The van der Waals surface area contributed by atoms with E-state index in [0.717, 1.165) is 24.0 Å². The van der Waals surface area contributed by atoms with Crippen LogP contribution in [0.5, 0.6) is 0 Å². The summed E-state index contributed by atoms with van der Waals surface area (Å²) in [5.74, 6) is -0.305. The summed E-state index contributed by atoms with van der Waals surface area (Å²) in [6, 6.07) is 12.2. The molecule has 0 saturated carbocycles. The van der Waals surface area contributed by atoms with Gasteiger partial charge in [0.1, 0.15) is 6.04 Å².